The number of esters is 1. The van der Waals surface area contributed by atoms with Crippen molar-refractivity contribution in [3.05, 3.63) is 24.7 Å². The summed E-state index contributed by atoms with van der Waals surface area (Å²) in [5, 5.41) is 2.57. The average molecular weight is 495 g/mol. The lowest BCUT2D eigenvalue weighted by molar-refractivity contribution is -0.160. The van der Waals surface area contributed by atoms with Crippen LogP contribution in [-0.4, -0.2) is 72.6 Å². The predicted molar refractivity (Wildman–Crippen MR) is 112 cm³/mol. The van der Waals surface area contributed by atoms with Crippen molar-refractivity contribution in [3.8, 4) is 0 Å². The molecule has 2 saturated heterocycles. The van der Waals surface area contributed by atoms with Gasteiger partial charge >= 0.3 is 13.8 Å². The van der Waals surface area contributed by atoms with Crippen LogP contribution in [0.15, 0.2) is 24.7 Å². The molecule has 32 heavy (non-hydrogen) atoms. The van der Waals surface area contributed by atoms with Crippen LogP contribution in [0.5, 0.6) is 0 Å². The number of methoxy groups -OCH3 is 1. The molecule has 0 radical (unpaired) electrons. The van der Waals surface area contributed by atoms with E-state index < -0.39 is 43.2 Å². The van der Waals surface area contributed by atoms with Gasteiger partial charge in [0.1, 0.15) is 22.9 Å². The van der Waals surface area contributed by atoms with Gasteiger partial charge in [0, 0.05) is 25.8 Å². The highest BCUT2D eigenvalue weighted by Gasteiger charge is 2.61. The first-order chi connectivity index (χ1) is 15.0. The van der Waals surface area contributed by atoms with Gasteiger partial charge in [0.25, 0.3) is 5.91 Å². The zero-order chi connectivity index (χ0) is 23.7. The van der Waals surface area contributed by atoms with Crippen LogP contribution in [0.4, 0.5) is 0 Å². The molecule has 6 atom stereocenters. The number of carbonyl (C=O) groups is 2. The maximum atomic E-state index is 13.0. The number of hydrogen-bond acceptors (Lipinski definition) is 10. The number of amides is 1. The minimum atomic E-state index is -3.98. The Bertz CT molecular complexity index is 834. The number of rotatable bonds is 8. The number of fused-ring (bicyclic) bond motifs is 1. The highest BCUT2D eigenvalue weighted by molar-refractivity contribution is 7.48. The molecular formula is C19H28ClN2O9P. The Hall–Kier alpha value is -1.46. The van der Waals surface area contributed by atoms with Crippen LogP contribution >= 0.6 is 19.4 Å². The largest absolute Gasteiger partial charge is 0.475 e. The van der Waals surface area contributed by atoms with Gasteiger partial charge in [0.05, 0.1) is 19.3 Å². The molecule has 1 N–H and O–H groups in total. The fraction of sp³-hybridized carbons (Fsp3) is 0.684. The van der Waals surface area contributed by atoms with Gasteiger partial charge in [0.15, 0.2) is 12.3 Å². The lowest BCUT2D eigenvalue weighted by Crippen LogP contribution is -2.51. The third-order valence-corrected chi connectivity index (χ3v) is 6.92. The molecule has 180 valence electrons. The molecule has 0 bridgehead atoms. The van der Waals surface area contributed by atoms with Crippen molar-refractivity contribution >= 4 is 31.3 Å². The maximum absolute atomic E-state index is 13.0. The molecule has 3 heterocycles. The van der Waals surface area contributed by atoms with E-state index in [1.807, 2.05) is 0 Å². The third kappa shape index (κ3) is 5.36. The van der Waals surface area contributed by atoms with Crippen molar-refractivity contribution in [1.82, 2.24) is 10.2 Å². The smallest absolute Gasteiger partial charge is 0.461 e. The molecule has 0 unspecified atom stereocenters. The minimum absolute atomic E-state index is 0.0831. The van der Waals surface area contributed by atoms with Crippen LogP contribution < -0.4 is 5.32 Å². The molecule has 0 aromatic rings. The van der Waals surface area contributed by atoms with E-state index >= 15 is 0 Å². The summed E-state index contributed by atoms with van der Waals surface area (Å²) < 4.78 is 45.6. The Morgan fingerprint density at radius 2 is 2.22 bits per heavy atom. The van der Waals surface area contributed by atoms with Crippen molar-refractivity contribution in [2.24, 2.45) is 0 Å². The third-order valence-electron chi connectivity index (χ3n) is 5.07. The fourth-order valence-electron chi connectivity index (χ4n) is 3.53. The summed E-state index contributed by atoms with van der Waals surface area (Å²) in [6, 6.07) is 0. The summed E-state index contributed by atoms with van der Waals surface area (Å²) in [4.78, 5) is 23.9. The molecule has 0 aromatic heterocycles. The Kier molecular flexibility index (Phi) is 7.71. The summed E-state index contributed by atoms with van der Waals surface area (Å²) in [5.41, 5.74) is 0. The second-order valence-electron chi connectivity index (χ2n) is 7.94. The van der Waals surface area contributed by atoms with Gasteiger partial charge in [-0.3, -0.25) is 18.4 Å². The first-order valence-corrected chi connectivity index (χ1v) is 11.9. The highest BCUT2D eigenvalue weighted by Crippen LogP contribution is 2.59. The normalized spacial score (nSPS) is 35.6. The molecule has 3 rings (SSSR count). The van der Waals surface area contributed by atoms with Crippen LogP contribution in [0, 0.1) is 0 Å². The van der Waals surface area contributed by atoms with Crippen LogP contribution in [0.2, 0.25) is 0 Å². The van der Waals surface area contributed by atoms with Crippen molar-refractivity contribution in [2.45, 2.75) is 62.7 Å². The molecule has 0 saturated carbocycles. The van der Waals surface area contributed by atoms with Crippen molar-refractivity contribution in [1.29, 1.82) is 0 Å². The Balaban J connectivity index is 1.62. The monoisotopic (exact) mass is 494 g/mol. The molecule has 0 spiro atoms. The Morgan fingerprint density at radius 1 is 1.50 bits per heavy atom. The second kappa shape index (κ2) is 9.80. The van der Waals surface area contributed by atoms with E-state index in [9.17, 15) is 14.2 Å². The van der Waals surface area contributed by atoms with Crippen molar-refractivity contribution in [3.63, 3.8) is 0 Å². The molecule has 1 amide bonds. The summed E-state index contributed by atoms with van der Waals surface area (Å²) in [5.74, 6) is -0.577. The maximum Gasteiger partial charge on any atom is 0.475 e. The zero-order valence-electron chi connectivity index (χ0n) is 18.3. The molecule has 3 aliphatic rings. The number of phosphoric ester groups is 1. The number of nitrogens with one attached hydrogen (secondary N) is 1. The van der Waals surface area contributed by atoms with E-state index in [2.05, 4.69) is 11.9 Å². The van der Waals surface area contributed by atoms with E-state index in [0.29, 0.717) is 0 Å². The molecule has 13 heteroatoms. The van der Waals surface area contributed by atoms with Crippen molar-refractivity contribution < 1.29 is 41.9 Å². The van der Waals surface area contributed by atoms with Gasteiger partial charge in [0.2, 0.25) is 0 Å². The van der Waals surface area contributed by atoms with Crippen LogP contribution in [0.1, 0.15) is 27.2 Å². The molecule has 3 aliphatic heterocycles. The first-order valence-electron chi connectivity index (χ1n) is 10.1. The van der Waals surface area contributed by atoms with E-state index in [-0.39, 0.29) is 37.5 Å². The number of hydrogen-bond donors (Lipinski definition) is 1. The Morgan fingerprint density at radius 3 is 2.84 bits per heavy atom. The molecule has 0 aliphatic carbocycles. The summed E-state index contributed by atoms with van der Waals surface area (Å²) in [6.45, 7) is 8.70. The number of halogens is 1. The lowest BCUT2D eigenvalue weighted by atomic mass is 10.0. The van der Waals surface area contributed by atoms with Gasteiger partial charge in [-0.05, 0) is 20.8 Å². The second-order valence-corrected chi connectivity index (χ2v) is 10.4. The number of phosphoric acid groups is 1. The minimum Gasteiger partial charge on any atom is -0.461 e. The van der Waals surface area contributed by atoms with Crippen molar-refractivity contribution in [2.75, 3.05) is 20.3 Å². The number of alkyl halides is 1. The van der Waals surface area contributed by atoms with Gasteiger partial charge in [-0.25, -0.2) is 9.36 Å². The van der Waals surface area contributed by atoms with Crippen LogP contribution in [0.25, 0.3) is 0 Å². The highest BCUT2D eigenvalue weighted by atomic mass is 35.5. The topological polar surface area (TPSA) is 122 Å². The van der Waals surface area contributed by atoms with Crippen LogP contribution in [-0.2, 0) is 41.9 Å². The SMILES string of the molecule is C=C1NC(=O)C=CN1[C@@H]1O[C@@H]2CO[P@@](=O)(OCC[C@@H](OC)C(=O)OC(C)C)O[C@H]2[C@@]1(C)Cl. The van der Waals surface area contributed by atoms with Gasteiger partial charge < -0.3 is 24.4 Å². The number of carbonyl (C=O) groups excluding carboxylic acids is 2. The summed E-state index contributed by atoms with van der Waals surface area (Å²) >= 11 is 6.77. The molecule has 0 aromatic carbocycles. The van der Waals surface area contributed by atoms with Crippen LogP contribution in [0.3, 0.4) is 0 Å². The van der Waals surface area contributed by atoms with E-state index in [0.717, 1.165) is 0 Å². The van der Waals surface area contributed by atoms with Gasteiger partial charge in [-0.15, -0.1) is 11.6 Å². The lowest BCUT2D eigenvalue weighted by Gasteiger charge is -2.38. The predicted octanol–water partition coefficient (Wildman–Crippen LogP) is 2.02. The van der Waals surface area contributed by atoms with Gasteiger partial charge in [-0.1, -0.05) is 6.58 Å². The summed E-state index contributed by atoms with van der Waals surface area (Å²) in [6.07, 6.45) is -0.513. The molecular weight excluding hydrogens is 467 g/mol. The summed E-state index contributed by atoms with van der Waals surface area (Å²) in [7, 11) is -2.61. The van der Waals surface area contributed by atoms with E-state index in [1.54, 1.807) is 25.7 Å². The Labute approximate surface area is 191 Å². The fourth-order valence-corrected chi connectivity index (χ4v) is 5.42. The standard InChI is InChI=1S/C19H28ClN2O9P/c1-11(2)29-17(24)13(26-5)7-9-27-32(25)28-10-14-16(31-32)19(4,20)18(30-14)22-8-6-15(23)21-12(22)3/h6,8,11,13-14,16,18H,3,7,9-10H2,1-2,4-5H3,(H,21,23)/t13-,14-,16-,18-,19-,32-/m1/s1. The van der Waals surface area contributed by atoms with E-state index in [4.69, 9.17) is 39.4 Å². The van der Waals surface area contributed by atoms with Gasteiger partial charge in [-0.2, -0.15) is 0 Å². The first kappa shape index (κ1) is 25.2. The average Bonchev–Trinajstić information content (AvgIpc) is 2.95. The zero-order valence-corrected chi connectivity index (χ0v) is 20.0. The molecule has 11 nitrogen and oxygen atoms in total. The molecule has 2 fully saturated rings. The van der Waals surface area contributed by atoms with E-state index in [1.165, 1.54) is 19.4 Å². The quantitative estimate of drug-likeness (QED) is 0.304. The number of nitrogens with zero attached hydrogens (tertiary/aromatic N) is 1. The number of ether oxygens (including phenoxy) is 3.